The van der Waals surface area contributed by atoms with E-state index in [-0.39, 0.29) is 11.6 Å². The van der Waals surface area contributed by atoms with Gasteiger partial charge < -0.3 is 15.0 Å². The molecule has 0 spiro atoms. The maximum atomic E-state index is 12.3. The quantitative estimate of drug-likeness (QED) is 0.549. The molecule has 8 nitrogen and oxygen atoms in total. The molecule has 1 saturated heterocycles. The van der Waals surface area contributed by atoms with Crippen molar-refractivity contribution in [2.45, 2.75) is 6.61 Å². The number of carbonyl (C=O) groups is 1. The molecule has 2 aromatic rings. The summed E-state index contributed by atoms with van der Waals surface area (Å²) in [6, 6.07) is 11.9. The van der Waals surface area contributed by atoms with Gasteiger partial charge in [-0.05, 0) is 30.3 Å². The number of amides is 1. The first-order valence-electron chi connectivity index (χ1n) is 9.25. The first-order valence-corrected chi connectivity index (χ1v) is 9.63. The van der Waals surface area contributed by atoms with Crippen LogP contribution >= 0.6 is 11.6 Å². The van der Waals surface area contributed by atoms with Gasteiger partial charge in [0.05, 0.1) is 18.1 Å². The number of carbonyl (C=O) groups excluding carboxylic acids is 1. The predicted molar refractivity (Wildman–Crippen MR) is 113 cm³/mol. The first-order chi connectivity index (χ1) is 14.0. The summed E-state index contributed by atoms with van der Waals surface area (Å²) < 4.78 is 5.21. The summed E-state index contributed by atoms with van der Waals surface area (Å²) in [6.07, 6.45) is 0. The second kappa shape index (κ2) is 9.69. The number of ether oxygens (including phenoxy) is 1. The standard InChI is InChI=1S/C20H23ClN4O4/c1-29-14-15-12-18(25(27)28)6-7-19(15)24-10-8-23(9-11-24)13-20(26)22-17-4-2-16(21)3-5-17/h2-7,12H,8-11,13-14H2,1H3,(H,22,26). The van der Waals surface area contributed by atoms with Crippen LogP contribution in [-0.2, 0) is 16.1 Å². The Morgan fingerprint density at radius 3 is 2.48 bits per heavy atom. The van der Waals surface area contributed by atoms with Crippen molar-refractivity contribution in [3.63, 3.8) is 0 Å². The van der Waals surface area contributed by atoms with Crippen LogP contribution in [0.15, 0.2) is 42.5 Å². The number of nitrogens with one attached hydrogen (secondary N) is 1. The molecule has 0 aliphatic carbocycles. The predicted octanol–water partition coefficient (Wildman–Crippen LogP) is 3.16. The van der Waals surface area contributed by atoms with Crippen LogP contribution in [0, 0.1) is 10.1 Å². The van der Waals surface area contributed by atoms with Gasteiger partial charge in [0.15, 0.2) is 0 Å². The van der Waals surface area contributed by atoms with Crippen molar-refractivity contribution in [1.29, 1.82) is 0 Å². The van der Waals surface area contributed by atoms with Gasteiger partial charge >= 0.3 is 0 Å². The molecule has 1 aliphatic rings. The summed E-state index contributed by atoms with van der Waals surface area (Å²) in [5.74, 6) is -0.0730. The maximum absolute atomic E-state index is 12.3. The van der Waals surface area contributed by atoms with Crippen LogP contribution in [-0.4, -0.2) is 55.6 Å². The van der Waals surface area contributed by atoms with Crippen molar-refractivity contribution in [2.75, 3.05) is 50.1 Å². The fourth-order valence-corrected chi connectivity index (χ4v) is 3.47. The molecule has 29 heavy (non-hydrogen) atoms. The highest BCUT2D eigenvalue weighted by atomic mass is 35.5. The van der Waals surface area contributed by atoms with E-state index in [0.717, 1.165) is 37.4 Å². The van der Waals surface area contributed by atoms with Crippen molar-refractivity contribution in [1.82, 2.24) is 4.90 Å². The van der Waals surface area contributed by atoms with E-state index < -0.39 is 4.92 Å². The molecule has 0 saturated carbocycles. The molecule has 1 N–H and O–H groups in total. The minimum Gasteiger partial charge on any atom is -0.380 e. The molecule has 0 unspecified atom stereocenters. The molecule has 1 aliphatic heterocycles. The number of halogens is 1. The highest BCUT2D eigenvalue weighted by Crippen LogP contribution is 2.27. The molecule has 0 radical (unpaired) electrons. The molecule has 9 heteroatoms. The van der Waals surface area contributed by atoms with Gasteiger partial charge in [-0.3, -0.25) is 19.8 Å². The summed E-state index contributed by atoms with van der Waals surface area (Å²) in [6.45, 7) is 3.50. The van der Waals surface area contributed by atoms with E-state index in [0.29, 0.717) is 23.9 Å². The van der Waals surface area contributed by atoms with Crippen LogP contribution in [0.3, 0.4) is 0 Å². The lowest BCUT2D eigenvalue weighted by atomic mass is 10.1. The average molecular weight is 419 g/mol. The summed E-state index contributed by atoms with van der Waals surface area (Å²) in [5.41, 5.74) is 2.49. The summed E-state index contributed by atoms with van der Waals surface area (Å²) in [7, 11) is 1.57. The van der Waals surface area contributed by atoms with Gasteiger partial charge in [-0.25, -0.2) is 0 Å². The van der Waals surface area contributed by atoms with Crippen LogP contribution in [0.5, 0.6) is 0 Å². The van der Waals surface area contributed by atoms with Gasteiger partial charge in [-0.1, -0.05) is 11.6 Å². The number of hydrogen-bond acceptors (Lipinski definition) is 6. The zero-order valence-corrected chi connectivity index (χ0v) is 16.9. The SMILES string of the molecule is COCc1cc([N+](=O)[O-])ccc1N1CCN(CC(=O)Nc2ccc(Cl)cc2)CC1. The van der Waals surface area contributed by atoms with Crippen LogP contribution in [0.25, 0.3) is 0 Å². The fraction of sp³-hybridized carbons (Fsp3) is 0.350. The molecule has 154 valence electrons. The number of nitro groups is 1. The highest BCUT2D eigenvalue weighted by Gasteiger charge is 2.22. The first kappa shape index (κ1) is 21.0. The third-order valence-corrected chi connectivity index (χ3v) is 5.03. The normalized spacial score (nSPS) is 14.6. The molecule has 0 atom stereocenters. The Labute approximate surface area is 174 Å². The summed E-state index contributed by atoms with van der Waals surface area (Å²) >= 11 is 5.86. The lowest BCUT2D eigenvalue weighted by Gasteiger charge is -2.36. The average Bonchev–Trinajstić information content (AvgIpc) is 2.70. The number of nitro benzene ring substituents is 1. The number of nitrogens with zero attached hydrogens (tertiary/aromatic N) is 3. The minimum atomic E-state index is -0.403. The van der Waals surface area contributed by atoms with Crippen LogP contribution in [0.2, 0.25) is 5.02 Å². The zero-order valence-electron chi connectivity index (χ0n) is 16.1. The molecule has 2 aromatic carbocycles. The Balaban J connectivity index is 1.56. The van der Waals surface area contributed by atoms with Gasteiger partial charge in [-0.2, -0.15) is 0 Å². The molecular weight excluding hydrogens is 396 g/mol. The molecule has 0 bridgehead atoms. The largest absolute Gasteiger partial charge is 0.380 e. The van der Waals surface area contributed by atoms with E-state index in [1.807, 2.05) is 0 Å². The van der Waals surface area contributed by atoms with Crippen LogP contribution in [0.4, 0.5) is 17.1 Å². The second-order valence-electron chi connectivity index (χ2n) is 6.82. The number of anilines is 2. The molecule has 1 heterocycles. The number of non-ortho nitro benzene ring substituents is 1. The molecular formula is C20H23ClN4O4. The zero-order chi connectivity index (χ0) is 20.8. The van der Waals surface area contributed by atoms with Crippen molar-refractivity contribution >= 4 is 34.6 Å². The van der Waals surface area contributed by atoms with Crippen molar-refractivity contribution < 1.29 is 14.5 Å². The minimum absolute atomic E-state index is 0.0540. The lowest BCUT2D eigenvalue weighted by molar-refractivity contribution is -0.384. The Morgan fingerprint density at radius 2 is 1.86 bits per heavy atom. The Morgan fingerprint density at radius 1 is 1.17 bits per heavy atom. The molecule has 1 amide bonds. The lowest BCUT2D eigenvalue weighted by Crippen LogP contribution is -2.49. The number of rotatable bonds is 7. The van der Waals surface area contributed by atoms with Crippen molar-refractivity contribution in [3.05, 3.63) is 63.2 Å². The monoisotopic (exact) mass is 418 g/mol. The molecule has 3 rings (SSSR count). The van der Waals surface area contributed by atoms with Crippen LogP contribution < -0.4 is 10.2 Å². The fourth-order valence-electron chi connectivity index (χ4n) is 3.35. The van der Waals surface area contributed by atoms with Crippen LogP contribution in [0.1, 0.15) is 5.56 Å². The van der Waals surface area contributed by atoms with E-state index >= 15 is 0 Å². The number of piperazine rings is 1. The van der Waals surface area contributed by atoms with Gasteiger partial charge in [0, 0.05) is 67.4 Å². The van der Waals surface area contributed by atoms with Gasteiger partial charge in [-0.15, -0.1) is 0 Å². The van der Waals surface area contributed by atoms with Gasteiger partial charge in [0.25, 0.3) is 5.69 Å². The maximum Gasteiger partial charge on any atom is 0.269 e. The van der Waals surface area contributed by atoms with E-state index in [2.05, 4.69) is 15.1 Å². The summed E-state index contributed by atoms with van der Waals surface area (Å²) in [4.78, 5) is 27.2. The molecule has 1 fully saturated rings. The van der Waals surface area contributed by atoms with Crippen molar-refractivity contribution in [3.8, 4) is 0 Å². The summed E-state index contributed by atoms with van der Waals surface area (Å²) in [5, 5.41) is 14.5. The third kappa shape index (κ3) is 5.66. The van der Waals surface area contributed by atoms with Crippen molar-refractivity contribution in [2.24, 2.45) is 0 Å². The number of hydrogen-bond donors (Lipinski definition) is 1. The smallest absolute Gasteiger partial charge is 0.269 e. The highest BCUT2D eigenvalue weighted by molar-refractivity contribution is 6.30. The van der Waals surface area contributed by atoms with E-state index in [1.54, 1.807) is 43.5 Å². The van der Waals surface area contributed by atoms with E-state index in [1.165, 1.54) is 6.07 Å². The number of benzene rings is 2. The Kier molecular flexibility index (Phi) is 7.03. The van der Waals surface area contributed by atoms with Gasteiger partial charge in [0.1, 0.15) is 0 Å². The Hall–Kier alpha value is -2.68. The third-order valence-electron chi connectivity index (χ3n) is 4.78. The number of methoxy groups -OCH3 is 1. The molecule has 0 aromatic heterocycles. The van der Waals surface area contributed by atoms with E-state index in [4.69, 9.17) is 16.3 Å². The second-order valence-corrected chi connectivity index (χ2v) is 7.26. The topological polar surface area (TPSA) is 88.0 Å². The Bertz CT molecular complexity index is 867. The van der Waals surface area contributed by atoms with Gasteiger partial charge in [0.2, 0.25) is 5.91 Å². The van der Waals surface area contributed by atoms with E-state index in [9.17, 15) is 14.9 Å².